The maximum atomic E-state index is 5.82. The van der Waals surface area contributed by atoms with Crippen molar-refractivity contribution >= 4 is 0 Å². The van der Waals surface area contributed by atoms with Gasteiger partial charge in [0.2, 0.25) is 5.88 Å². The predicted octanol–water partition coefficient (Wildman–Crippen LogP) is 1.91. The van der Waals surface area contributed by atoms with Crippen LogP contribution in [0.2, 0.25) is 0 Å². The van der Waals surface area contributed by atoms with E-state index in [0.29, 0.717) is 19.1 Å². The highest BCUT2D eigenvalue weighted by Crippen LogP contribution is 2.19. The lowest BCUT2D eigenvalue weighted by Gasteiger charge is -2.13. The van der Waals surface area contributed by atoms with Crippen molar-refractivity contribution in [2.75, 3.05) is 13.2 Å². The highest BCUT2D eigenvalue weighted by Gasteiger charge is 2.08. The van der Waals surface area contributed by atoms with E-state index in [0.717, 1.165) is 5.56 Å². The molecule has 16 heavy (non-hydrogen) atoms. The molecule has 2 N–H and O–H groups in total. The monoisotopic (exact) mass is 224 g/mol. The average molecular weight is 224 g/mol. The molecule has 1 rings (SSSR count). The summed E-state index contributed by atoms with van der Waals surface area (Å²) >= 11 is 0. The fourth-order valence-corrected chi connectivity index (χ4v) is 1.29. The maximum Gasteiger partial charge on any atom is 0.218 e. The van der Waals surface area contributed by atoms with Crippen molar-refractivity contribution in [3.63, 3.8) is 0 Å². The number of hydrogen-bond donors (Lipinski definition) is 1. The molecule has 1 atom stereocenters. The van der Waals surface area contributed by atoms with Gasteiger partial charge in [-0.1, -0.05) is 6.07 Å². The molecule has 0 radical (unpaired) electrons. The summed E-state index contributed by atoms with van der Waals surface area (Å²) in [5.74, 6) is 0.602. The van der Waals surface area contributed by atoms with E-state index in [4.69, 9.17) is 15.2 Å². The largest absolute Gasteiger partial charge is 0.475 e. The molecule has 4 nitrogen and oxygen atoms in total. The normalized spacial score (nSPS) is 12.8. The van der Waals surface area contributed by atoms with Crippen LogP contribution in [0, 0.1) is 0 Å². The first-order valence-corrected chi connectivity index (χ1v) is 5.56. The lowest BCUT2D eigenvalue weighted by Crippen LogP contribution is -2.14. The van der Waals surface area contributed by atoms with Crippen LogP contribution in [-0.2, 0) is 4.74 Å². The number of pyridine rings is 1. The minimum absolute atomic E-state index is 0.0743. The van der Waals surface area contributed by atoms with E-state index in [1.807, 2.05) is 32.9 Å². The molecule has 0 aromatic carbocycles. The fraction of sp³-hybridized carbons (Fsp3) is 0.583. The van der Waals surface area contributed by atoms with E-state index in [9.17, 15) is 0 Å². The third kappa shape index (κ3) is 4.16. The number of rotatable bonds is 6. The first-order chi connectivity index (χ1) is 7.61. The second kappa shape index (κ2) is 6.45. The molecule has 1 aromatic heterocycles. The molecule has 90 valence electrons. The Kier molecular flexibility index (Phi) is 5.22. The minimum atomic E-state index is -0.0743. The van der Waals surface area contributed by atoms with Gasteiger partial charge in [-0.2, -0.15) is 0 Å². The van der Waals surface area contributed by atoms with Crippen molar-refractivity contribution in [2.45, 2.75) is 32.9 Å². The van der Waals surface area contributed by atoms with E-state index in [-0.39, 0.29) is 12.1 Å². The summed E-state index contributed by atoms with van der Waals surface area (Å²) in [6, 6.07) is 3.71. The van der Waals surface area contributed by atoms with Crippen LogP contribution in [0.3, 0.4) is 0 Å². The number of ether oxygens (including phenoxy) is 2. The summed E-state index contributed by atoms with van der Waals surface area (Å²) < 4.78 is 10.9. The summed E-state index contributed by atoms with van der Waals surface area (Å²) in [6.07, 6.45) is 1.92. The average Bonchev–Trinajstić information content (AvgIpc) is 2.24. The molecule has 1 heterocycles. The highest BCUT2D eigenvalue weighted by atomic mass is 16.5. The Morgan fingerprint density at radius 3 is 2.69 bits per heavy atom. The Labute approximate surface area is 96.8 Å². The summed E-state index contributed by atoms with van der Waals surface area (Å²) in [5, 5.41) is 0. The summed E-state index contributed by atoms with van der Waals surface area (Å²) in [6.45, 7) is 6.96. The van der Waals surface area contributed by atoms with Gasteiger partial charge in [0.1, 0.15) is 6.61 Å². The molecule has 1 aromatic rings. The molecule has 0 spiro atoms. The first kappa shape index (κ1) is 12.9. The molecular weight excluding hydrogens is 204 g/mol. The first-order valence-electron chi connectivity index (χ1n) is 5.56. The molecule has 0 saturated carbocycles. The second-order valence-corrected chi connectivity index (χ2v) is 3.95. The summed E-state index contributed by atoms with van der Waals surface area (Å²) in [4.78, 5) is 4.16. The van der Waals surface area contributed by atoms with Gasteiger partial charge < -0.3 is 15.2 Å². The summed E-state index contributed by atoms with van der Waals surface area (Å²) in [7, 11) is 0. The van der Waals surface area contributed by atoms with Crippen molar-refractivity contribution in [3.05, 3.63) is 23.9 Å². The zero-order valence-corrected chi connectivity index (χ0v) is 10.1. The van der Waals surface area contributed by atoms with Crippen LogP contribution < -0.4 is 10.5 Å². The molecule has 0 fully saturated rings. The van der Waals surface area contributed by atoms with E-state index >= 15 is 0 Å². The SMILES string of the molecule is CC(C)OCCOc1ncccc1[C@@H](C)N. The van der Waals surface area contributed by atoms with Crippen molar-refractivity contribution in [3.8, 4) is 5.88 Å². The van der Waals surface area contributed by atoms with Gasteiger partial charge in [0.05, 0.1) is 12.7 Å². The topological polar surface area (TPSA) is 57.4 Å². The van der Waals surface area contributed by atoms with E-state index in [1.165, 1.54) is 0 Å². The van der Waals surface area contributed by atoms with Gasteiger partial charge in [0.25, 0.3) is 0 Å². The highest BCUT2D eigenvalue weighted by molar-refractivity contribution is 5.27. The smallest absolute Gasteiger partial charge is 0.218 e. The molecule has 0 unspecified atom stereocenters. The number of aromatic nitrogens is 1. The van der Waals surface area contributed by atoms with Gasteiger partial charge in [-0.15, -0.1) is 0 Å². The molecule has 0 aliphatic rings. The Bertz CT molecular complexity index is 314. The predicted molar refractivity (Wildman–Crippen MR) is 63.4 cm³/mol. The van der Waals surface area contributed by atoms with Gasteiger partial charge in [-0.05, 0) is 26.8 Å². The molecule has 0 aliphatic heterocycles. The van der Waals surface area contributed by atoms with Crippen molar-refractivity contribution < 1.29 is 9.47 Å². The van der Waals surface area contributed by atoms with Crippen molar-refractivity contribution in [1.29, 1.82) is 0 Å². The third-order valence-corrected chi connectivity index (χ3v) is 2.06. The lowest BCUT2D eigenvalue weighted by molar-refractivity contribution is 0.0539. The fourth-order valence-electron chi connectivity index (χ4n) is 1.29. The van der Waals surface area contributed by atoms with Crippen LogP contribution in [0.4, 0.5) is 0 Å². The molecule has 0 bridgehead atoms. The molecule has 0 amide bonds. The van der Waals surface area contributed by atoms with Crippen molar-refractivity contribution in [1.82, 2.24) is 4.98 Å². The number of nitrogens with zero attached hydrogens (tertiary/aromatic N) is 1. The Hall–Kier alpha value is -1.13. The zero-order valence-electron chi connectivity index (χ0n) is 10.1. The maximum absolute atomic E-state index is 5.82. The van der Waals surface area contributed by atoms with Crippen LogP contribution in [0.1, 0.15) is 32.4 Å². The number of hydrogen-bond acceptors (Lipinski definition) is 4. The van der Waals surface area contributed by atoms with Gasteiger partial charge >= 0.3 is 0 Å². The van der Waals surface area contributed by atoms with Gasteiger partial charge in [-0.25, -0.2) is 4.98 Å². The van der Waals surface area contributed by atoms with E-state index in [1.54, 1.807) is 6.20 Å². The molecule has 4 heteroatoms. The van der Waals surface area contributed by atoms with Crippen LogP contribution in [0.15, 0.2) is 18.3 Å². The minimum Gasteiger partial charge on any atom is -0.475 e. The standard InChI is InChI=1S/C12H20N2O2/c1-9(2)15-7-8-16-12-11(10(3)13)5-4-6-14-12/h4-6,9-10H,7-8,13H2,1-3H3/t10-/m1/s1. The third-order valence-electron chi connectivity index (χ3n) is 2.06. The van der Waals surface area contributed by atoms with Gasteiger partial charge in [-0.3, -0.25) is 0 Å². The van der Waals surface area contributed by atoms with Crippen LogP contribution in [-0.4, -0.2) is 24.3 Å². The van der Waals surface area contributed by atoms with Crippen molar-refractivity contribution in [2.24, 2.45) is 5.73 Å². The Balaban J connectivity index is 2.47. The molecule has 0 saturated heterocycles. The second-order valence-electron chi connectivity index (χ2n) is 3.95. The Morgan fingerprint density at radius 1 is 1.31 bits per heavy atom. The molecule has 0 aliphatic carbocycles. The molecular formula is C12H20N2O2. The quantitative estimate of drug-likeness (QED) is 0.750. The summed E-state index contributed by atoms with van der Waals surface area (Å²) in [5.41, 5.74) is 6.74. The van der Waals surface area contributed by atoms with E-state index < -0.39 is 0 Å². The zero-order chi connectivity index (χ0) is 12.0. The van der Waals surface area contributed by atoms with Gasteiger partial charge in [0, 0.05) is 17.8 Å². The van der Waals surface area contributed by atoms with Gasteiger partial charge in [0.15, 0.2) is 0 Å². The Morgan fingerprint density at radius 2 is 2.06 bits per heavy atom. The lowest BCUT2D eigenvalue weighted by atomic mass is 10.1. The van der Waals surface area contributed by atoms with Crippen LogP contribution in [0.25, 0.3) is 0 Å². The van der Waals surface area contributed by atoms with Crippen LogP contribution in [0.5, 0.6) is 5.88 Å². The number of nitrogens with two attached hydrogens (primary N) is 1. The van der Waals surface area contributed by atoms with E-state index in [2.05, 4.69) is 4.98 Å². The van der Waals surface area contributed by atoms with Crippen LogP contribution >= 0.6 is 0 Å².